The first kappa shape index (κ1) is 13.6. The topological polar surface area (TPSA) is 63.3 Å². The Morgan fingerprint density at radius 2 is 2.21 bits per heavy atom. The van der Waals surface area contributed by atoms with Crippen molar-refractivity contribution in [3.8, 4) is 0 Å². The number of aromatic amines is 1. The number of aromatic nitrogens is 1. The molecule has 0 radical (unpaired) electrons. The molecule has 0 aliphatic rings. The van der Waals surface area contributed by atoms with Gasteiger partial charge in [0.1, 0.15) is 0 Å². The number of carbonyl (C=O) groups excluding carboxylic acids is 1. The molecule has 102 valence electrons. The molecule has 2 aromatic rings. The molecular formula is C14H18N2O3. The summed E-state index contributed by atoms with van der Waals surface area (Å²) in [6.07, 6.45) is 1.72. The number of ether oxygens (including phenoxy) is 2. The van der Waals surface area contributed by atoms with Crippen molar-refractivity contribution in [2.24, 2.45) is 0 Å². The van der Waals surface area contributed by atoms with Gasteiger partial charge in [0.05, 0.1) is 12.7 Å². The summed E-state index contributed by atoms with van der Waals surface area (Å²) in [7, 11) is 3.20. The summed E-state index contributed by atoms with van der Waals surface area (Å²) >= 11 is 0. The summed E-state index contributed by atoms with van der Waals surface area (Å²) in [5, 5.41) is 3.86. The average molecular weight is 262 g/mol. The molecule has 0 saturated heterocycles. The summed E-state index contributed by atoms with van der Waals surface area (Å²) in [5.74, 6) is -0.110. The number of hydrogen-bond donors (Lipinski definition) is 2. The minimum atomic E-state index is -0.134. The van der Waals surface area contributed by atoms with Gasteiger partial charge in [-0.1, -0.05) is 0 Å². The quantitative estimate of drug-likeness (QED) is 0.830. The number of hydrogen-bond acceptors (Lipinski definition) is 3. The standard InChI is InChI=1S/C14H18N2O3/c1-18-9-12(19-2)8-16-14(17)11-3-4-13-10(7-11)5-6-15-13/h3-7,12,15H,8-9H2,1-2H3,(H,16,17). The normalized spacial score (nSPS) is 12.5. The van der Waals surface area contributed by atoms with Gasteiger partial charge in [0, 0.05) is 43.4 Å². The van der Waals surface area contributed by atoms with Crippen LogP contribution in [0.15, 0.2) is 30.5 Å². The largest absolute Gasteiger partial charge is 0.382 e. The van der Waals surface area contributed by atoms with E-state index in [1.165, 1.54) is 0 Å². The van der Waals surface area contributed by atoms with Crippen LogP contribution in [0.2, 0.25) is 0 Å². The summed E-state index contributed by atoms with van der Waals surface area (Å²) in [5.41, 5.74) is 1.66. The van der Waals surface area contributed by atoms with Crippen molar-refractivity contribution < 1.29 is 14.3 Å². The van der Waals surface area contributed by atoms with E-state index in [0.717, 1.165) is 10.9 Å². The first-order chi connectivity index (χ1) is 9.24. The SMILES string of the molecule is COCC(CNC(=O)c1ccc2[nH]ccc2c1)OC. The molecule has 5 heteroatoms. The summed E-state index contributed by atoms with van der Waals surface area (Å²) in [6, 6.07) is 7.49. The Morgan fingerprint density at radius 3 is 2.95 bits per heavy atom. The average Bonchev–Trinajstić information content (AvgIpc) is 2.90. The van der Waals surface area contributed by atoms with E-state index in [1.54, 1.807) is 20.3 Å². The second kappa shape index (κ2) is 6.36. The van der Waals surface area contributed by atoms with E-state index >= 15 is 0 Å². The van der Waals surface area contributed by atoms with Crippen molar-refractivity contribution in [2.75, 3.05) is 27.4 Å². The molecule has 2 N–H and O–H groups in total. The van der Waals surface area contributed by atoms with Gasteiger partial charge in [-0.15, -0.1) is 0 Å². The van der Waals surface area contributed by atoms with Crippen molar-refractivity contribution in [1.29, 1.82) is 0 Å². The van der Waals surface area contributed by atoms with E-state index in [1.807, 2.05) is 24.4 Å². The lowest BCUT2D eigenvalue weighted by Crippen LogP contribution is -2.35. The molecule has 1 atom stereocenters. The third kappa shape index (κ3) is 3.33. The van der Waals surface area contributed by atoms with Gasteiger partial charge in [-0.25, -0.2) is 0 Å². The van der Waals surface area contributed by atoms with Crippen LogP contribution in [0.1, 0.15) is 10.4 Å². The zero-order valence-corrected chi connectivity index (χ0v) is 11.1. The van der Waals surface area contributed by atoms with Crippen molar-refractivity contribution in [1.82, 2.24) is 10.3 Å². The molecule has 1 amide bonds. The van der Waals surface area contributed by atoms with Crippen molar-refractivity contribution in [3.05, 3.63) is 36.0 Å². The van der Waals surface area contributed by atoms with E-state index in [9.17, 15) is 4.79 Å². The second-order valence-corrected chi connectivity index (χ2v) is 4.30. The summed E-state index contributed by atoms with van der Waals surface area (Å²) in [6.45, 7) is 0.877. The van der Waals surface area contributed by atoms with Gasteiger partial charge < -0.3 is 19.8 Å². The van der Waals surface area contributed by atoms with Gasteiger partial charge in [0.25, 0.3) is 5.91 Å². The Hall–Kier alpha value is -1.85. The monoisotopic (exact) mass is 262 g/mol. The van der Waals surface area contributed by atoms with Crippen LogP contribution in [0.3, 0.4) is 0 Å². The molecule has 0 spiro atoms. The maximum absolute atomic E-state index is 12.0. The zero-order chi connectivity index (χ0) is 13.7. The highest BCUT2D eigenvalue weighted by Crippen LogP contribution is 2.14. The Bertz CT molecular complexity index is 550. The smallest absolute Gasteiger partial charge is 0.251 e. The summed E-state index contributed by atoms with van der Waals surface area (Å²) < 4.78 is 10.2. The van der Waals surface area contributed by atoms with Gasteiger partial charge in [0.15, 0.2) is 0 Å². The van der Waals surface area contributed by atoms with E-state index in [-0.39, 0.29) is 12.0 Å². The zero-order valence-electron chi connectivity index (χ0n) is 11.1. The predicted octanol–water partition coefficient (Wildman–Crippen LogP) is 1.56. The predicted molar refractivity (Wildman–Crippen MR) is 73.3 cm³/mol. The highest BCUT2D eigenvalue weighted by atomic mass is 16.5. The van der Waals surface area contributed by atoms with Gasteiger partial charge in [-0.2, -0.15) is 0 Å². The fraction of sp³-hybridized carbons (Fsp3) is 0.357. The number of carbonyl (C=O) groups is 1. The van der Waals surface area contributed by atoms with Crippen LogP contribution >= 0.6 is 0 Å². The maximum Gasteiger partial charge on any atom is 0.251 e. The third-order valence-electron chi connectivity index (χ3n) is 2.99. The second-order valence-electron chi connectivity index (χ2n) is 4.30. The number of rotatable bonds is 6. The van der Waals surface area contributed by atoms with Crippen LogP contribution in [0, 0.1) is 0 Å². The highest BCUT2D eigenvalue weighted by Gasteiger charge is 2.11. The number of H-pyrrole nitrogens is 1. The number of methoxy groups -OCH3 is 2. The molecule has 0 aliphatic carbocycles. The fourth-order valence-corrected chi connectivity index (χ4v) is 1.90. The highest BCUT2D eigenvalue weighted by molar-refractivity contribution is 5.98. The lowest BCUT2D eigenvalue weighted by atomic mass is 10.1. The number of amides is 1. The van der Waals surface area contributed by atoms with Crippen LogP contribution < -0.4 is 5.32 Å². The van der Waals surface area contributed by atoms with E-state index in [4.69, 9.17) is 9.47 Å². The lowest BCUT2D eigenvalue weighted by Gasteiger charge is -2.15. The first-order valence-corrected chi connectivity index (χ1v) is 6.11. The number of fused-ring (bicyclic) bond motifs is 1. The van der Waals surface area contributed by atoms with Crippen molar-refractivity contribution in [3.63, 3.8) is 0 Å². The Kier molecular flexibility index (Phi) is 4.54. The van der Waals surface area contributed by atoms with E-state index in [2.05, 4.69) is 10.3 Å². The Labute approximate surface area is 111 Å². The summed E-state index contributed by atoms with van der Waals surface area (Å²) in [4.78, 5) is 15.1. The Morgan fingerprint density at radius 1 is 1.37 bits per heavy atom. The molecule has 2 rings (SSSR count). The van der Waals surface area contributed by atoms with Gasteiger partial charge in [-0.3, -0.25) is 4.79 Å². The van der Waals surface area contributed by atoms with Crippen LogP contribution in [-0.2, 0) is 9.47 Å². The third-order valence-corrected chi connectivity index (χ3v) is 2.99. The van der Waals surface area contributed by atoms with Gasteiger partial charge in [0.2, 0.25) is 0 Å². The molecule has 0 saturated carbocycles. The van der Waals surface area contributed by atoms with Gasteiger partial charge in [-0.05, 0) is 24.3 Å². The minimum absolute atomic E-state index is 0.110. The van der Waals surface area contributed by atoms with E-state index < -0.39 is 0 Å². The molecule has 1 unspecified atom stereocenters. The molecule has 0 fully saturated rings. The van der Waals surface area contributed by atoms with Crippen LogP contribution in [-0.4, -0.2) is 44.4 Å². The van der Waals surface area contributed by atoms with Crippen molar-refractivity contribution >= 4 is 16.8 Å². The van der Waals surface area contributed by atoms with Crippen LogP contribution in [0.5, 0.6) is 0 Å². The molecular weight excluding hydrogens is 244 g/mol. The maximum atomic E-state index is 12.0. The van der Waals surface area contributed by atoms with Crippen LogP contribution in [0.25, 0.3) is 10.9 Å². The fourth-order valence-electron chi connectivity index (χ4n) is 1.90. The molecule has 1 aromatic heterocycles. The number of benzene rings is 1. The van der Waals surface area contributed by atoms with Crippen molar-refractivity contribution in [2.45, 2.75) is 6.10 Å². The Balaban J connectivity index is 1.98. The molecule has 5 nitrogen and oxygen atoms in total. The minimum Gasteiger partial charge on any atom is -0.382 e. The van der Waals surface area contributed by atoms with Crippen LogP contribution in [0.4, 0.5) is 0 Å². The number of nitrogens with one attached hydrogen (secondary N) is 2. The first-order valence-electron chi connectivity index (χ1n) is 6.11. The lowest BCUT2D eigenvalue weighted by molar-refractivity contribution is 0.0285. The molecule has 1 aromatic carbocycles. The molecule has 0 bridgehead atoms. The molecule has 0 aliphatic heterocycles. The van der Waals surface area contributed by atoms with E-state index in [0.29, 0.717) is 18.7 Å². The van der Waals surface area contributed by atoms with Gasteiger partial charge >= 0.3 is 0 Å². The molecule has 1 heterocycles. The molecule has 19 heavy (non-hydrogen) atoms.